The Kier molecular flexibility index (Phi) is 4.83. The third-order valence-electron chi connectivity index (χ3n) is 2.91. The van der Waals surface area contributed by atoms with Crippen molar-refractivity contribution >= 4 is 10.0 Å². The summed E-state index contributed by atoms with van der Waals surface area (Å²) in [7, 11) is -3.57. The quantitative estimate of drug-likeness (QED) is 0.728. The van der Waals surface area contributed by atoms with Crippen molar-refractivity contribution in [2.75, 3.05) is 18.8 Å². The maximum absolute atomic E-state index is 12.0. The van der Waals surface area contributed by atoms with Gasteiger partial charge in [0.15, 0.2) is 0 Å². The van der Waals surface area contributed by atoms with Gasteiger partial charge in [-0.25, -0.2) is 8.42 Å². The lowest BCUT2D eigenvalue weighted by Crippen LogP contribution is -2.32. The lowest BCUT2D eigenvalue weighted by molar-refractivity contribution is -0.134. The minimum atomic E-state index is -4.29. The van der Waals surface area contributed by atoms with Crippen LogP contribution < -0.4 is 0 Å². The Morgan fingerprint density at radius 3 is 2.44 bits per heavy atom. The average Bonchev–Trinajstić information content (AvgIpc) is 2.63. The number of sulfonamides is 1. The van der Waals surface area contributed by atoms with Crippen molar-refractivity contribution in [2.45, 2.75) is 32.9 Å². The summed E-state index contributed by atoms with van der Waals surface area (Å²) in [5.74, 6) is -0.175. The Labute approximate surface area is 106 Å². The van der Waals surface area contributed by atoms with Crippen LogP contribution in [0.3, 0.4) is 0 Å². The molecule has 1 heterocycles. The molecule has 18 heavy (non-hydrogen) atoms. The summed E-state index contributed by atoms with van der Waals surface area (Å²) in [6.45, 7) is 4.52. The van der Waals surface area contributed by atoms with Gasteiger partial charge in [-0.1, -0.05) is 25.5 Å². The van der Waals surface area contributed by atoms with Gasteiger partial charge in [0, 0.05) is 19.5 Å². The first-order chi connectivity index (χ1) is 8.12. The van der Waals surface area contributed by atoms with Crippen LogP contribution in [0.5, 0.6) is 0 Å². The first-order valence-corrected chi connectivity index (χ1v) is 7.46. The fourth-order valence-corrected chi connectivity index (χ4v) is 3.18. The minimum absolute atomic E-state index is 0.264. The highest BCUT2D eigenvalue weighted by Crippen LogP contribution is 2.24. The van der Waals surface area contributed by atoms with E-state index in [1.54, 1.807) is 0 Å². The van der Waals surface area contributed by atoms with Gasteiger partial charge in [0.2, 0.25) is 10.0 Å². The number of nitrogens with zero attached hydrogens (tertiary/aromatic N) is 1. The van der Waals surface area contributed by atoms with Gasteiger partial charge in [0.05, 0.1) is 5.75 Å². The van der Waals surface area contributed by atoms with E-state index in [0.29, 0.717) is 6.54 Å². The number of halogens is 3. The smallest absolute Gasteiger partial charge is 0.212 e. The standard InChI is InChI=1S/C11H18F3NO2S/c1-9(2)10-4-6-15(8-10)18(16,17)7-3-5-11(12,13)14/h4,9H,3,5-8H2,1-2H3. The van der Waals surface area contributed by atoms with Crippen LogP contribution in [-0.2, 0) is 10.0 Å². The molecule has 7 heteroatoms. The van der Waals surface area contributed by atoms with Crippen molar-refractivity contribution in [2.24, 2.45) is 5.92 Å². The molecule has 0 spiro atoms. The van der Waals surface area contributed by atoms with E-state index in [1.807, 2.05) is 19.9 Å². The summed E-state index contributed by atoms with van der Waals surface area (Å²) in [5, 5.41) is 0. The van der Waals surface area contributed by atoms with E-state index < -0.39 is 28.4 Å². The largest absolute Gasteiger partial charge is 0.389 e. The molecule has 1 rings (SSSR count). The van der Waals surface area contributed by atoms with Gasteiger partial charge in [-0.3, -0.25) is 0 Å². The molecule has 0 saturated heterocycles. The van der Waals surface area contributed by atoms with E-state index in [9.17, 15) is 21.6 Å². The second-order valence-corrected chi connectivity index (χ2v) is 6.85. The lowest BCUT2D eigenvalue weighted by Gasteiger charge is -2.17. The Bertz CT molecular complexity index is 412. The topological polar surface area (TPSA) is 37.4 Å². The molecule has 3 nitrogen and oxygen atoms in total. The first-order valence-electron chi connectivity index (χ1n) is 5.85. The average molecular weight is 285 g/mol. The molecule has 0 bridgehead atoms. The van der Waals surface area contributed by atoms with Gasteiger partial charge in [0.25, 0.3) is 0 Å². The number of hydrogen-bond donors (Lipinski definition) is 0. The molecule has 0 atom stereocenters. The van der Waals surface area contributed by atoms with Crippen LogP contribution in [0.4, 0.5) is 13.2 Å². The van der Waals surface area contributed by atoms with E-state index in [2.05, 4.69) is 0 Å². The summed E-state index contributed by atoms with van der Waals surface area (Å²) in [6, 6.07) is 0. The zero-order valence-corrected chi connectivity index (χ0v) is 11.3. The van der Waals surface area contributed by atoms with Crippen LogP contribution >= 0.6 is 0 Å². The highest BCUT2D eigenvalue weighted by Gasteiger charge is 2.30. The van der Waals surface area contributed by atoms with E-state index in [-0.39, 0.29) is 18.9 Å². The molecule has 0 radical (unpaired) electrons. The van der Waals surface area contributed by atoms with Gasteiger partial charge in [-0.15, -0.1) is 0 Å². The molecule has 1 aliphatic rings. The molecule has 0 aliphatic carbocycles. The Balaban J connectivity index is 2.47. The second-order valence-electron chi connectivity index (χ2n) is 4.76. The number of rotatable bonds is 5. The van der Waals surface area contributed by atoms with Crippen molar-refractivity contribution in [3.8, 4) is 0 Å². The molecule has 0 aromatic heterocycles. The van der Waals surface area contributed by atoms with E-state index in [4.69, 9.17) is 0 Å². The van der Waals surface area contributed by atoms with Crippen molar-refractivity contribution in [3.63, 3.8) is 0 Å². The number of hydrogen-bond acceptors (Lipinski definition) is 2. The SMILES string of the molecule is CC(C)C1=CCN(S(=O)(=O)CCCC(F)(F)F)C1. The molecule has 0 fully saturated rings. The predicted octanol–water partition coefficient (Wildman–Crippen LogP) is 2.56. The molecule has 0 aromatic rings. The highest BCUT2D eigenvalue weighted by molar-refractivity contribution is 7.89. The van der Waals surface area contributed by atoms with E-state index in [0.717, 1.165) is 5.57 Å². The van der Waals surface area contributed by atoms with E-state index in [1.165, 1.54) is 4.31 Å². The van der Waals surface area contributed by atoms with Crippen molar-refractivity contribution in [3.05, 3.63) is 11.6 Å². The molecular weight excluding hydrogens is 267 g/mol. The summed E-state index contributed by atoms with van der Waals surface area (Å²) >= 11 is 0. The fraction of sp³-hybridized carbons (Fsp3) is 0.818. The third-order valence-corrected chi connectivity index (χ3v) is 4.78. The summed E-state index contributed by atoms with van der Waals surface area (Å²) in [5.41, 5.74) is 1.02. The van der Waals surface area contributed by atoms with Gasteiger partial charge >= 0.3 is 6.18 Å². The van der Waals surface area contributed by atoms with Crippen LogP contribution in [-0.4, -0.2) is 37.7 Å². The molecule has 1 aliphatic heterocycles. The van der Waals surface area contributed by atoms with Gasteiger partial charge in [-0.2, -0.15) is 17.5 Å². The van der Waals surface area contributed by atoms with Crippen LogP contribution in [0.15, 0.2) is 11.6 Å². The molecule has 0 amide bonds. The monoisotopic (exact) mass is 285 g/mol. The van der Waals surface area contributed by atoms with Crippen LogP contribution in [0, 0.1) is 5.92 Å². The highest BCUT2D eigenvalue weighted by atomic mass is 32.2. The maximum Gasteiger partial charge on any atom is 0.389 e. The maximum atomic E-state index is 12.0. The summed E-state index contributed by atoms with van der Waals surface area (Å²) < 4.78 is 60.7. The molecule has 0 unspecified atom stereocenters. The summed E-state index contributed by atoms with van der Waals surface area (Å²) in [6.07, 6.45) is -3.88. The third kappa shape index (κ3) is 4.61. The Morgan fingerprint density at radius 2 is 2.00 bits per heavy atom. The second kappa shape index (κ2) is 5.61. The normalized spacial score (nSPS) is 18.4. The van der Waals surface area contributed by atoms with Crippen molar-refractivity contribution in [1.82, 2.24) is 4.31 Å². The predicted molar refractivity (Wildman–Crippen MR) is 63.6 cm³/mol. The van der Waals surface area contributed by atoms with Crippen LogP contribution in [0.25, 0.3) is 0 Å². The van der Waals surface area contributed by atoms with Crippen molar-refractivity contribution < 1.29 is 21.6 Å². The van der Waals surface area contributed by atoms with Crippen LogP contribution in [0.2, 0.25) is 0 Å². The molecular formula is C11H18F3NO2S. The molecule has 0 aromatic carbocycles. The Hall–Kier alpha value is -0.560. The fourth-order valence-electron chi connectivity index (χ4n) is 1.77. The lowest BCUT2D eigenvalue weighted by atomic mass is 10.1. The van der Waals surface area contributed by atoms with Crippen LogP contribution in [0.1, 0.15) is 26.7 Å². The molecule has 0 N–H and O–H groups in total. The van der Waals surface area contributed by atoms with E-state index >= 15 is 0 Å². The Morgan fingerprint density at radius 1 is 1.39 bits per heavy atom. The van der Waals surface area contributed by atoms with Gasteiger partial charge in [-0.05, 0) is 12.3 Å². The first kappa shape index (κ1) is 15.5. The molecule has 106 valence electrons. The summed E-state index contributed by atoms with van der Waals surface area (Å²) in [4.78, 5) is 0. The van der Waals surface area contributed by atoms with Gasteiger partial charge < -0.3 is 0 Å². The van der Waals surface area contributed by atoms with Crippen molar-refractivity contribution in [1.29, 1.82) is 0 Å². The zero-order valence-electron chi connectivity index (χ0n) is 10.5. The zero-order chi connectivity index (χ0) is 14.0. The minimum Gasteiger partial charge on any atom is -0.212 e. The van der Waals surface area contributed by atoms with Gasteiger partial charge in [0.1, 0.15) is 0 Å². The molecule has 0 saturated carbocycles. The number of alkyl halides is 3.